The Morgan fingerprint density at radius 1 is 1.25 bits per heavy atom. The summed E-state index contributed by atoms with van der Waals surface area (Å²) in [6.45, 7) is 10.2. The first-order valence-corrected chi connectivity index (χ1v) is 8.10. The molecule has 20 heavy (non-hydrogen) atoms. The van der Waals surface area contributed by atoms with Crippen molar-refractivity contribution < 1.29 is 0 Å². The Balaban J connectivity index is 2.25. The zero-order chi connectivity index (χ0) is 14.7. The van der Waals surface area contributed by atoms with E-state index in [1.165, 1.54) is 30.5 Å². The molecule has 2 heteroatoms. The zero-order valence-corrected chi connectivity index (χ0v) is 13.5. The zero-order valence-electron chi connectivity index (χ0n) is 13.5. The standard InChI is InChI=1S/C18H30N2/c1-5-17(19)18(16-8-6-13(2)7-9-16)20-11-10-14(3)12-15(20)4/h6-9,14-15,17-18H,5,10-12,19H2,1-4H3. The molecule has 4 unspecified atom stereocenters. The predicted octanol–water partition coefficient (Wildman–Crippen LogP) is 3.89. The van der Waals surface area contributed by atoms with Crippen molar-refractivity contribution in [1.29, 1.82) is 0 Å². The lowest BCUT2D eigenvalue weighted by Crippen LogP contribution is -2.48. The number of hydrogen-bond donors (Lipinski definition) is 1. The lowest BCUT2D eigenvalue weighted by molar-refractivity contribution is 0.0672. The summed E-state index contributed by atoms with van der Waals surface area (Å²) >= 11 is 0. The molecule has 2 N–H and O–H groups in total. The van der Waals surface area contributed by atoms with E-state index in [0.29, 0.717) is 12.1 Å². The average molecular weight is 274 g/mol. The van der Waals surface area contributed by atoms with Crippen molar-refractivity contribution >= 4 is 0 Å². The molecule has 2 nitrogen and oxygen atoms in total. The SMILES string of the molecule is CCC(N)C(c1ccc(C)cc1)N1CCC(C)CC1C. The molecule has 1 aromatic carbocycles. The summed E-state index contributed by atoms with van der Waals surface area (Å²) in [5.74, 6) is 0.845. The van der Waals surface area contributed by atoms with Crippen LogP contribution in [0.25, 0.3) is 0 Å². The van der Waals surface area contributed by atoms with Gasteiger partial charge in [-0.1, -0.05) is 43.7 Å². The molecule has 1 aliphatic rings. The second-order valence-electron chi connectivity index (χ2n) is 6.64. The number of nitrogens with two attached hydrogens (primary N) is 1. The molecule has 4 atom stereocenters. The van der Waals surface area contributed by atoms with Gasteiger partial charge in [-0.15, -0.1) is 0 Å². The molecule has 1 saturated heterocycles. The summed E-state index contributed by atoms with van der Waals surface area (Å²) in [5, 5.41) is 0. The van der Waals surface area contributed by atoms with Crippen LogP contribution in [0.2, 0.25) is 0 Å². The summed E-state index contributed by atoms with van der Waals surface area (Å²) < 4.78 is 0. The van der Waals surface area contributed by atoms with E-state index in [-0.39, 0.29) is 6.04 Å². The summed E-state index contributed by atoms with van der Waals surface area (Å²) in [5.41, 5.74) is 9.17. The lowest BCUT2D eigenvalue weighted by atomic mass is 9.87. The third-order valence-electron chi connectivity index (χ3n) is 4.84. The van der Waals surface area contributed by atoms with Crippen LogP contribution < -0.4 is 5.73 Å². The fraction of sp³-hybridized carbons (Fsp3) is 0.667. The number of likely N-dealkylation sites (tertiary alicyclic amines) is 1. The summed E-state index contributed by atoms with van der Waals surface area (Å²) in [7, 11) is 0. The first-order valence-electron chi connectivity index (χ1n) is 8.10. The number of hydrogen-bond acceptors (Lipinski definition) is 2. The highest BCUT2D eigenvalue weighted by Gasteiger charge is 2.32. The summed E-state index contributed by atoms with van der Waals surface area (Å²) in [6, 6.07) is 10.2. The third kappa shape index (κ3) is 3.42. The first kappa shape index (κ1) is 15.5. The molecule has 0 aliphatic carbocycles. The van der Waals surface area contributed by atoms with Crippen LogP contribution in [-0.2, 0) is 0 Å². The molecule has 0 spiro atoms. The maximum Gasteiger partial charge on any atom is 0.0501 e. The van der Waals surface area contributed by atoms with Crippen molar-refractivity contribution in [3.8, 4) is 0 Å². The highest BCUT2D eigenvalue weighted by atomic mass is 15.2. The molecule has 0 radical (unpaired) electrons. The van der Waals surface area contributed by atoms with Crippen molar-refractivity contribution in [2.45, 2.75) is 65.1 Å². The van der Waals surface area contributed by atoms with Gasteiger partial charge in [0.15, 0.2) is 0 Å². The molecule has 1 aromatic rings. The number of rotatable bonds is 4. The molecule has 112 valence electrons. The molecule has 0 saturated carbocycles. The fourth-order valence-electron chi connectivity index (χ4n) is 3.51. The summed E-state index contributed by atoms with van der Waals surface area (Å²) in [4.78, 5) is 2.64. The van der Waals surface area contributed by atoms with Gasteiger partial charge in [0.05, 0.1) is 6.04 Å². The van der Waals surface area contributed by atoms with Crippen molar-refractivity contribution in [3.05, 3.63) is 35.4 Å². The van der Waals surface area contributed by atoms with E-state index < -0.39 is 0 Å². The van der Waals surface area contributed by atoms with Crippen LogP contribution in [0.1, 0.15) is 57.2 Å². The van der Waals surface area contributed by atoms with E-state index >= 15 is 0 Å². The number of benzene rings is 1. The number of nitrogens with zero attached hydrogens (tertiary/aromatic N) is 1. The first-order chi connectivity index (χ1) is 9.52. The topological polar surface area (TPSA) is 29.3 Å². The smallest absolute Gasteiger partial charge is 0.0501 e. The van der Waals surface area contributed by atoms with Crippen molar-refractivity contribution in [2.24, 2.45) is 11.7 Å². The predicted molar refractivity (Wildman–Crippen MR) is 86.8 cm³/mol. The monoisotopic (exact) mass is 274 g/mol. The Morgan fingerprint density at radius 2 is 1.90 bits per heavy atom. The quantitative estimate of drug-likeness (QED) is 0.902. The van der Waals surface area contributed by atoms with Crippen LogP contribution in [0.3, 0.4) is 0 Å². The van der Waals surface area contributed by atoms with E-state index in [9.17, 15) is 0 Å². The third-order valence-corrected chi connectivity index (χ3v) is 4.84. The Kier molecular flexibility index (Phi) is 5.22. The molecule has 2 rings (SSSR count). The molecule has 0 amide bonds. The van der Waals surface area contributed by atoms with Gasteiger partial charge >= 0.3 is 0 Å². The maximum atomic E-state index is 6.47. The van der Waals surface area contributed by atoms with E-state index in [0.717, 1.165) is 12.3 Å². The van der Waals surface area contributed by atoms with Gasteiger partial charge in [0.2, 0.25) is 0 Å². The highest BCUT2D eigenvalue weighted by Crippen LogP contribution is 2.33. The second-order valence-corrected chi connectivity index (χ2v) is 6.64. The van der Waals surface area contributed by atoms with E-state index in [2.05, 4.69) is 56.9 Å². The Bertz CT molecular complexity index is 412. The fourth-order valence-corrected chi connectivity index (χ4v) is 3.51. The molecule has 1 fully saturated rings. The largest absolute Gasteiger partial charge is 0.326 e. The van der Waals surface area contributed by atoms with Gasteiger partial charge in [0.25, 0.3) is 0 Å². The Morgan fingerprint density at radius 3 is 2.45 bits per heavy atom. The second kappa shape index (κ2) is 6.73. The minimum Gasteiger partial charge on any atom is -0.326 e. The van der Waals surface area contributed by atoms with Gasteiger partial charge < -0.3 is 5.73 Å². The van der Waals surface area contributed by atoms with Crippen LogP contribution in [-0.4, -0.2) is 23.5 Å². The van der Waals surface area contributed by atoms with Gasteiger partial charge in [-0.25, -0.2) is 0 Å². The van der Waals surface area contributed by atoms with Gasteiger partial charge in [-0.05, 0) is 51.1 Å². The minimum absolute atomic E-state index is 0.216. The van der Waals surface area contributed by atoms with Crippen LogP contribution in [0.5, 0.6) is 0 Å². The van der Waals surface area contributed by atoms with Crippen molar-refractivity contribution in [1.82, 2.24) is 4.90 Å². The molecule has 1 heterocycles. The molecule has 0 aromatic heterocycles. The van der Waals surface area contributed by atoms with E-state index in [1.807, 2.05) is 0 Å². The van der Waals surface area contributed by atoms with Crippen LogP contribution in [0, 0.1) is 12.8 Å². The lowest BCUT2D eigenvalue weighted by Gasteiger charge is -2.44. The number of aryl methyl sites for hydroxylation is 1. The van der Waals surface area contributed by atoms with Crippen LogP contribution in [0.4, 0.5) is 0 Å². The Labute approximate surface area is 124 Å². The van der Waals surface area contributed by atoms with Crippen LogP contribution >= 0.6 is 0 Å². The number of piperidine rings is 1. The van der Waals surface area contributed by atoms with Gasteiger partial charge in [-0.3, -0.25) is 4.90 Å². The van der Waals surface area contributed by atoms with Gasteiger partial charge in [0, 0.05) is 12.1 Å². The van der Waals surface area contributed by atoms with Gasteiger partial charge in [0.1, 0.15) is 0 Å². The highest BCUT2D eigenvalue weighted by molar-refractivity contribution is 5.25. The normalized spacial score (nSPS) is 27.2. The maximum absolute atomic E-state index is 6.47. The molecule has 1 aliphatic heterocycles. The molecule has 0 bridgehead atoms. The van der Waals surface area contributed by atoms with Crippen LogP contribution in [0.15, 0.2) is 24.3 Å². The summed E-state index contributed by atoms with van der Waals surface area (Å²) in [6.07, 6.45) is 3.61. The average Bonchev–Trinajstić information content (AvgIpc) is 2.43. The van der Waals surface area contributed by atoms with Gasteiger partial charge in [-0.2, -0.15) is 0 Å². The minimum atomic E-state index is 0.216. The molecular weight excluding hydrogens is 244 g/mol. The van der Waals surface area contributed by atoms with Crippen molar-refractivity contribution in [2.75, 3.05) is 6.54 Å². The van der Waals surface area contributed by atoms with E-state index in [1.54, 1.807) is 0 Å². The van der Waals surface area contributed by atoms with Crippen molar-refractivity contribution in [3.63, 3.8) is 0 Å². The Hall–Kier alpha value is -0.860. The van der Waals surface area contributed by atoms with E-state index in [4.69, 9.17) is 5.73 Å². The molecular formula is C18H30N2.